The van der Waals surface area contributed by atoms with Gasteiger partial charge in [-0.2, -0.15) is 0 Å². The van der Waals surface area contributed by atoms with Crippen molar-refractivity contribution >= 4 is 5.96 Å². The molecule has 3 N–H and O–H groups in total. The number of nitrogens with zero attached hydrogens (tertiary/aromatic N) is 3. The average Bonchev–Trinajstić information content (AvgIpc) is 2.09. The molecular formula is C9H23N5. The second kappa shape index (κ2) is 6.62. The number of likely N-dealkylation sites (N-methyl/N-ethyl adjacent to an activating group) is 2. The third-order valence-electron chi connectivity index (χ3n) is 1.75. The molecule has 0 saturated heterocycles. The Morgan fingerprint density at radius 3 is 2.21 bits per heavy atom. The van der Waals surface area contributed by atoms with E-state index in [4.69, 9.17) is 5.84 Å². The molecule has 0 aromatic carbocycles. The van der Waals surface area contributed by atoms with Crippen molar-refractivity contribution in [2.75, 3.05) is 34.2 Å². The predicted octanol–water partition coefficient (Wildman–Crippen LogP) is -0.292. The average molecular weight is 201 g/mol. The fraction of sp³-hybridized carbons (Fsp3) is 0.889. The fourth-order valence-electron chi connectivity index (χ4n) is 0.946. The van der Waals surface area contributed by atoms with E-state index >= 15 is 0 Å². The van der Waals surface area contributed by atoms with Gasteiger partial charge in [-0.25, -0.2) is 10.8 Å². The monoisotopic (exact) mass is 201 g/mol. The molecule has 0 heterocycles. The van der Waals surface area contributed by atoms with Gasteiger partial charge in [-0.1, -0.05) is 0 Å². The Morgan fingerprint density at radius 2 is 1.86 bits per heavy atom. The summed E-state index contributed by atoms with van der Waals surface area (Å²) in [6.07, 6.45) is 0. The first-order chi connectivity index (χ1) is 6.47. The Morgan fingerprint density at radius 1 is 1.29 bits per heavy atom. The van der Waals surface area contributed by atoms with Crippen molar-refractivity contribution in [3.63, 3.8) is 0 Å². The van der Waals surface area contributed by atoms with Crippen molar-refractivity contribution in [3.8, 4) is 0 Å². The van der Waals surface area contributed by atoms with E-state index in [1.54, 1.807) is 0 Å². The molecule has 14 heavy (non-hydrogen) atoms. The van der Waals surface area contributed by atoms with Crippen LogP contribution in [-0.4, -0.2) is 56.0 Å². The summed E-state index contributed by atoms with van der Waals surface area (Å²) in [6, 6.07) is 0.253. The SMILES string of the molecule is CC(C)N=C(NN)N(C)CCN(C)C. The van der Waals surface area contributed by atoms with Crippen molar-refractivity contribution < 1.29 is 0 Å². The van der Waals surface area contributed by atoms with E-state index in [1.807, 2.05) is 39.9 Å². The maximum Gasteiger partial charge on any atom is 0.208 e. The predicted molar refractivity (Wildman–Crippen MR) is 61.1 cm³/mol. The zero-order chi connectivity index (χ0) is 11.1. The van der Waals surface area contributed by atoms with Gasteiger partial charge in [0.2, 0.25) is 5.96 Å². The van der Waals surface area contributed by atoms with Gasteiger partial charge in [0.05, 0.1) is 0 Å². The second-order valence-electron chi connectivity index (χ2n) is 3.92. The first-order valence-electron chi connectivity index (χ1n) is 4.87. The molecule has 0 aromatic heterocycles. The lowest BCUT2D eigenvalue weighted by Crippen LogP contribution is -2.45. The van der Waals surface area contributed by atoms with Crippen molar-refractivity contribution in [2.45, 2.75) is 19.9 Å². The molecule has 0 unspecified atom stereocenters. The van der Waals surface area contributed by atoms with Crippen LogP contribution in [0.2, 0.25) is 0 Å². The zero-order valence-corrected chi connectivity index (χ0v) is 9.91. The molecule has 84 valence electrons. The molecule has 0 amide bonds. The van der Waals surface area contributed by atoms with Crippen LogP contribution in [0.4, 0.5) is 0 Å². The Hall–Kier alpha value is -0.810. The Kier molecular flexibility index (Phi) is 6.23. The van der Waals surface area contributed by atoms with Crippen LogP contribution >= 0.6 is 0 Å². The number of nitrogens with two attached hydrogens (primary N) is 1. The smallest absolute Gasteiger partial charge is 0.208 e. The number of hydrogen-bond donors (Lipinski definition) is 2. The van der Waals surface area contributed by atoms with Gasteiger partial charge in [-0.15, -0.1) is 0 Å². The highest BCUT2D eigenvalue weighted by Crippen LogP contribution is 1.91. The number of guanidine groups is 1. The summed E-state index contributed by atoms with van der Waals surface area (Å²) in [7, 11) is 6.07. The van der Waals surface area contributed by atoms with E-state index in [1.165, 1.54) is 0 Å². The minimum Gasteiger partial charge on any atom is -0.344 e. The molecule has 0 fully saturated rings. The van der Waals surface area contributed by atoms with Gasteiger partial charge in [0.15, 0.2) is 0 Å². The number of hydrogen-bond acceptors (Lipinski definition) is 3. The Bertz CT molecular complexity index is 176. The van der Waals surface area contributed by atoms with Gasteiger partial charge in [0, 0.05) is 26.2 Å². The maximum absolute atomic E-state index is 5.39. The highest BCUT2D eigenvalue weighted by Gasteiger charge is 2.05. The van der Waals surface area contributed by atoms with E-state index in [2.05, 4.69) is 15.3 Å². The molecule has 0 radical (unpaired) electrons. The van der Waals surface area contributed by atoms with Crippen molar-refractivity contribution in [2.24, 2.45) is 10.8 Å². The number of hydrazine groups is 1. The highest BCUT2D eigenvalue weighted by molar-refractivity contribution is 5.79. The summed E-state index contributed by atoms with van der Waals surface area (Å²) in [5.74, 6) is 6.13. The third-order valence-corrected chi connectivity index (χ3v) is 1.75. The van der Waals surface area contributed by atoms with E-state index in [9.17, 15) is 0 Å². The van der Waals surface area contributed by atoms with E-state index in [0.717, 1.165) is 19.0 Å². The van der Waals surface area contributed by atoms with Gasteiger partial charge in [0.25, 0.3) is 0 Å². The summed E-state index contributed by atoms with van der Waals surface area (Å²) in [5, 5.41) is 0. The molecule has 0 atom stereocenters. The molecule has 5 heteroatoms. The molecule has 0 rings (SSSR count). The van der Waals surface area contributed by atoms with Crippen LogP contribution in [0.1, 0.15) is 13.8 Å². The number of rotatable bonds is 4. The molecule has 0 aromatic rings. The molecule has 0 aliphatic carbocycles. The second-order valence-corrected chi connectivity index (χ2v) is 3.92. The minimum atomic E-state index is 0.253. The van der Waals surface area contributed by atoms with Crippen LogP contribution in [0.3, 0.4) is 0 Å². The Labute approximate surface area is 86.9 Å². The first kappa shape index (κ1) is 13.2. The standard InChI is InChI=1S/C9H23N5/c1-8(2)11-9(12-10)14(5)7-6-13(3)4/h8H,6-7,10H2,1-5H3,(H,11,12). The van der Waals surface area contributed by atoms with Crippen molar-refractivity contribution in [1.82, 2.24) is 15.2 Å². The summed E-state index contributed by atoms with van der Waals surface area (Å²) in [5.41, 5.74) is 2.61. The van der Waals surface area contributed by atoms with Crippen LogP contribution < -0.4 is 11.3 Å². The Balaban J connectivity index is 4.11. The van der Waals surface area contributed by atoms with E-state index in [0.29, 0.717) is 0 Å². The molecular weight excluding hydrogens is 178 g/mol. The van der Waals surface area contributed by atoms with Crippen LogP contribution in [0.25, 0.3) is 0 Å². The summed E-state index contributed by atoms with van der Waals surface area (Å²) >= 11 is 0. The van der Waals surface area contributed by atoms with Crippen LogP contribution in [0.5, 0.6) is 0 Å². The third kappa shape index (κ3) is 5.77. The largest absolute Gasteiger partial charge is 0.344 e. The van der Waals surface area contributed by atoms with Gasteiger partial charge < -0.3 is 9.80 Å². The lowest BCUT2D eigenvalue weighted by molar-refractivity contribution is 0.351. The first-order valence-corrected chi connectivity index (χ1v) is 4.87. The zero-order valence-electron chi connectivity index (χ0n) is 9.91. The molecule has 0 saturated carbocycles. The molecule has 0 aliphatic rings. The van der Waals surface area contributed by atoms with Gasteiger partial charge >= 0.3 is 0 Å². The van der Waals surface area contributed by atoms with E-state index in [-0.39, 0.29) is 6.04 Å². The summed E-state index contributed by atoms with van der Waals surface area (Å²) in [4.78, 5) is 8.50. The van der Waals surface area contributed by atoms with Gasteiger partial charge in [-0.3, -0.25) is 5.43 Å². The normalized spacial score (nSPS) is 12.4. The lowest BCUT2D eigenvalue weighted by Gasteiger charge is -2.23. The van der Waals surface area contributed by atoms with Crippen molar-refractivity contribution in [1.29, 1.82) is 0 Å². The lowest BCUT2D eigenvalue weighted by atomic mass is 10.4. The van der Waals surface area contributed by atoms with E-state index < -0.39 is 0 Å². The van der Waals surface area contributed by atoms with Crippen molar-refractivity contribution in [3.05, 3.63) is 0 Å². The topological polar surface area (TPSA) is 56.9 Å². The number of nitrogens with one attached hydrogen (secondary N) is 1. The molecule has 0 aliphatic heterocycles. The molecule has 0 bridgehead atoms. The molecule has 5 nitrogen and oxygen atoms in total. The minimum absolute atomic E-state index is 0.253. The molecule has 0 spiro atoms. The van der Waals surface area contributed by atoms with Crippen LogP contribution in [0.15, 0.2) is 4.99 Å². The summed E-state index contributed by atoms with van der Waals surface area (Å²) < 4.78 is 0. The van der Waals surface area contributed by atoms with Crippen LogP contribution in [-0.2, 0) is 0 Å². The highest BCUT2D eigenvalue weighted by atomic mass is 15.4. The fourth-order valence-corrected chi connectivity index (χ4v) is 0.946. The quantitative estimate of drug-likeness (QED) is 0.284. The van der Waals surface area contributed by atoms with Crippen LogP contribution in [0, 0.1) is 0 Å². The van der Waals surface area contributed by atoms with Gasteiger partial charge in [-0.05, 0) is 27.9 Å². The number of aliphatic imine (C=N–C) groups is 1. The summed E-state index contributed by atoms with van der Waals surface area (Å²) in [6.45, 7) is 5.94. The van der Waals surface area contributed by atoms with Gasteiger partial charge in [0.1, 0.15) is 0 Å². The maximum atomic E-state index is 5.39.